The SMILES string of the molecule is CCCc1ccc(OCCNC(=O)C2CCN(S(=O)(=O)Cc3ccccc3C)CC2)cc1. The summed E-state index contributed by atoms with van der Waals surface area (Å²) in [6.07, 6.45) is 3.25. The molecule has 0 bridgehead atoms. The van der Waals surface area contributed by atoms with Gasteiger partial charge in [-0.15, -0.1) is 0 Å². The average molecular weight is 459 g/mol. The second-order valence-electron chi connectivity index (χ2n) is 8.39. The van der Waals surface area contributed by atoms with Crippen LogP contribution in [0.1, 0.15) is 42.9 Å². The molecule has 6 nitrogen and oxygen atoms in total. The van der Waals surface area contributed by atoms with Gasteiger partial charge in [-0.1, -0.05) is 49.7 Å². The van der Waals surface area contributed by atoms with Gasteiger partial charge in [0.25, 0.3) is 0 Å². The Kier molecular flexibility index (Phi) is 8.70. The normalized spacial score (nSPS) is 15.4. The molecule has 1 N–H and O–H groups in total. The van der Waals surface area contributed by atoms with Gasteiger partial charge in [-0.2, -0.15) is 0 Å². The number of benzene rings is 2. The van der Waals surface area contributed by atoms with Crippen LogP contribution in [-0.4, -0.2) is 44.9 Å². The average Bonchev–Trinajstić information content (AvgIpc) is 2.79. The van der Waals surface area contributed by atoms with E-state index in [-0.39, 0.29) is 17.6 Å². The molecule has 0 radical (unpaired) electrons. The number of carbonyl (C=O) groups excluding carboxylic acids is 1. The summed E-state index contributed by atoms with van der Waals surface area (Å²) >= 11 is 0. The van der Waals surface area contributed by atoms with Crippen LogP contribution in [0, 0.1) is 12.8 Å². The zero-order valence-electron chi connectivity index (χ0n) is 19.0. The van der Waals surface area contributed by atoms with E-state index in [1.807, 2.05) is 43.3 Å². The lowest BCUT2D eigenvalue weighted by Gasteiger charge is -2.30. The Labute approximate surface area is 192 Å². The van der Waals surface area contributed by atoms with E-state index >= 15 is 0 Å². The van der Waals surface area contributed by atoms with Crippen LogP contribution in [0.15, 0.2) is 48.5 Å². The molecule has 0 atom stereocenters. The molecular formula is C25H34N2O4S. The van der Waals surface area contributed by atoms with Crippen LogP contribution in [0.5, 0.6) is 5.75 Å². The number of hydrogen-bond donors (Lipinski definition) is 1. The number of sulfonamides is 1. The van der Waals surface area contributed by atoms with E-state index < -0.39 is 10.0 Å². The first-order chi connectivity index (χ1) is 15.4. The molecule has 0 unspecified atom stereocenters. The molecule has 1 aliphatic rings. The molecule has 0 aliphatic carbocycles. The van der Waals surface area contributed by atoms with Crippen LogP contribution >= 0.6 is 0 Å². The van der Waals surface area contributed by atoms with Crippen LogP contribution in [0.25, 0.3) is 0 Å². The molecule has 0 saturated carbocycles. The van der Waals surface area contributed by atoms with Crippen LogP contribution in [0.2, 0.25) is 0 Å². The molecule has 1 saturated heterocycles. The van der Waals surface area contributed by atoms with Crippen LogP contribution in [-0.2, 0) is 27.0 Å². The lowest BCUT2D eigenvalue weighted by molar-refractivity contribution is -0.126. The molecule has 2 aromatic carbocycles. The first-order valence-electron chi connectivity index (χ1n) is 11.4. The number of piperidine rings is 1. The fourth-order valence-corrected chi connectivity index (χ4v) is 5.65. The lowest BCUT2D eigenvalue weighted by Crippen LogP contribution is -2.44. The number of hydrogen-bond acceptors (Lipinski definition) is 4. The third-order valence-corrected chi connectivity index (χ3v) is 7.78. The summed E-state index contributed by atoms with van der Waals surface area (Å²) in [5.41, 5.74) is 3.09. The Morgan fingerprint density at radius 1 is 1.09 bits per heavy atom. The van der Waals surface area contributed by atoms with Crippen molar-refractivity contribution >= 4 is 15.9 Å². The van der Waals surface area contributed by atoms with E-state index in [2.05, 4.69) is 24.4 Å². The van der Waals surface area contributed by atoms with Gasteiger partial charge in [0.15, 0.2) is 0 Å². The van der Waals surface area contributed by atoms with Gasteiger partial charge in [0, 0.05) is 19.0 Å². The number of rotatable bonds is 10. The molecule has 32 heavy (non-hydrogen) atoms. The number of carbonyl (C=O) groups is 1. The quantitative estimate of drug-likeness (QED) is 0.551. The van der Waals surface area contributed by atoms with Crippen molar-refractivity contribution in [2.45, 2.75) is 45.3 Å². The van der Waals surface area contributed by atoms with Crippen molar-refractivity contribution < 1.29 is 17.9 Å². The molecule has 1 heterocycles. The summed E-state index contributed by atoms with van der Waals surface area (Å²) in [6, 6.07) is 15.6. The number of nitrogens with zero attached hydrogens (tertiary/aromatic N) is 1. The van der Waals surface area contributed by atoms with E-state index in [1.54, 1.807) is 0 Å². The van der Waals surface area contributed by atoms with E-state index in [9.17, 15) is 13.2 Å². The van der Waals surface area contributed by atoms with Gasteiger partial charge >= 0.3 is 0 Å². The predicted octanol–water partition coefficient (Wildman–Crippen LogP) is 3.68. The molecule has 1 amide bonds. The van der Waals surface area contributed by atoms with Crippen molar-refractivity contribution in [1.29, 1.82) is 0 Å². The second-order valence-corrected chi connectivity index (χ2v) is 10.4. The summed E-state index contributed by atoms with van der Waals surface area (Å²) in [5.74, 6) is 0.621. The van der Waals surface area contributed by atoms with Gasteiger partial charge in [-0.25, -0.2) is 12.7 Å². The first-order valence-corrected chi connectivity index (χ1v) is 13.0. The van der Waals surface area contributed by atoms with Crippen molar-refractivity contribution in [3.05, 3.63) is 65.2 Å². The highest BCUT2D eigenvalue weighted by molar-refractivity contribution is 7.88. The largest absolute Gasteiger partial charge is 0.492 e. The van der Waals surface area contributed by atoms with Crippen molar-refractivity contribution in [3.63, 3.8) is 0 Å². The molecule has 1 fully saturated rings. The fourth-order valence-electron chi connectivity index (χ4n) is 3.98. The van der Waals surface area contributed by atoms with Gasteiger partial charge in [0.2, 0.25) is 15.9 Å². The van der Waals surface area contributed by atoms with E-state index in [0.29, 0.717) is 39.1 Å². The Morgan fingerprint density at radius 3 is 2.44 bits per heavy atom. The second kappa shape index (κ2) is 11.5. The standard InChI is InChI=1S/C25H34N2O4S/c1-3-6-21-9-11-24(12-10-21)31-18-15-26-25(28)22-13-16-27(17-14-22)32(29,30)19-23-8-5-4-7-20(23)2/h4-5,7-12,22H,3,6,13-19H2,1-2H3,(H,26,28). The molecule has 0 spiro atoms. The summed E-state index contributed by atoms with van der Waals surface area (Å²) in [4.78, 5) is 12.5. The smallest absolute Gasteiger partial charge is 0.223 e. The van der Waals surface area contributed by atoms with Crippen LogP contribution in [0.4, 0.5) is 0 Å². The van der Waals surface area contributed by atoms with Crippen molar-refractivity contribution in [2.75, 3.05) is 26.2 Å². The summed E-state index contributed by atoms with van der Waals surface area (Å²) in [7, 11) is -3.38. The summed E-state index contributed by atoms with van der Waals surface area (Å²) in [6.45, 7) is 5.68. The number of ether oxygens (including phenoxy) is 1. The van der Waals surface area contributed by atoms with E-state index in [1.165, 1.54) is 9.87 Å². The lowest BCUT2D eigenvalue weighted by atomic mass is 9.97. The van der Waals surface area contributed by atoms with Gasteiger partial charge in [0.1, 0.15) is 12.4 Å². The highest BCUT2D eigenvalue weighted by Crippen LogP contribution is 2.22. The molecule has 1 aliphatic heterocycles. The fraction of sp³-hybridized carbons (Fsp3) is 0.480. The zero-order valence-corrected chi connectivity index (χ0v) is 19.9. The molecular weight excluding hydrogens is 424 g/mol. The number of nitrogens with one attached hydrogen (secondary N) is 1. The molecule has 2 aromatic rings. The Morgan fingerprint density at radius 2 is 1.78 bits per heavy atom. The first kappa shape index (κ1) is 24.3. The van der Waals surface area contributed by atoms with Crippen molar-refractivity contribution in [3.8, 4) is 5.75 Å². The van der Waals surface area contributed by atoms with Gasteiger partial charge < -0.3 is 10.1 Å². The number of aryl methyl sites for hydroxylation is 2. The van der Waals surface area contributed by atoms with Crippen molar-refractivity contribution in [1.82, 2.24) is 9.62 Å². The van der Waals surface area contributed by atoms with Gasteiger partial charge in [0.05, 0.1) is 12.3 Å². The van der Waals surface area contributed by atoms with Gasteiger partial charge in [-0.3, -0.25) is 4.79 Å². The Hall–Kier alpha value is -2.38. The highest BCUT2D eigenvalue weighted by Gasteiger charge is 2.31. The predicted molar refractivity (Wildman–Crippen MR) is 127 cm³/mol. The summed E-state index contributed by atoms with van der Waals surface area (Å²) in [5, 5.41) is 2.92. The topological polar surface area (TPSA) is 75.7 Å². The molecule has 7 heteroatoms. The minimum absolute atomic E-state index is 0.00724. The zero-order chi connectivity index (χ0) is 23.0. The number of amides is 1. The third kappa shape index (κ3) is 6.81. The monoisotopic (exact) mass is 458 g/mol. The van der Waals surface area contributed by atoms with Gasteiger partial charge in [-0.05, 0) is 55.0 Å². The summed E-state index contributed by atoms with van der Waals surface area (Å²) < 4.78 is 32.8. The van der Waals surface area contributed by atoms with E-state index in [4.69, 9.17) is 4.74 Å². The molecule has 0 aromatic heterocycles. The maximum Gasteiger partial charge on any atom is 0.223 e. The van der Waals surface area contributed by atoms with Crippen molar-refractivity contribution in [2.24, 2.45) is 5.92 Å². The maximum atomic E-state index is 12.8. The van der Waals surface area contributed by atoms with Crippen LogP contribution < -0.4 is 10.1 Å². The third-order valence-electron chi connectivity index (χ3n) is 5.95. The Bertz CT molecular complexity index is 981. The molecule has 3 rings (SSSR count). The Balaban J connectivity index is 1.39. The highest BCUT2D eigenvalue weighted by atomic mass is 32.2. The minimum Gasteiger partial charge on any atom is -0.492 e. The minimum atomic E-state index is -3.38. The molecule has 174 valence electrons. The van der Waals surface area contributed by atoms with Crippen LogP contribution in [0.3, 0.4) is 0 Å². The van der Waals surface area contributed by atoms with E-state index in [0.717, 1.165) is 29.7 Å². The maximum absolute atomic E-state index is 12.8.